The third-order valence-corrected chi connectivity index (χ3v) is 0.357. The Kier molecular flexibility index (Phi) is 143. The van der Waals surface area contributed by atoms with Crippen molar-refractivity contribution in [1.29, 1.82) is 0 Å². The molecule has 0 aromatic carbocycles. The fraction of sp³-hybridized carbons (Fsp3) is 0.667. The van der Waals surface area contributed by atoms with E-state index in [1.807, 2.05) is 0 Å². The molecule has 0 aliphatic rings. The molecule has 0 saturated heterocycles. The summed E-state index contributed by atoms with van der Waals surface area (Å²) in [6, 6.07) is 0. The van der Waals surface area contributed by atoms with E-state index in [4.69, 9.17) is 10.2 Å². The van der Waals surface area contributed by atoms with E-state index in [9.17, 15) is 4.79 Å². The van der Waals surface area contributed by atoms with Crippen LogP contribution < -0.4 is 110 Å². The number of hydrogen-bond acceptors (Lipinski definition) is 2. The van der Waals surface area contributed by atoms with E-state index >= 15 is 0 Å². The molecule has 10 heteroatoms. The molecule has 3 nitrogen and oxygen atoms in total. The standard InChI is InChI=1S/C3H6O3.Ca.3ClH.K.2Na.5H/c1-2(4)3(5)6;;;;;;;;;;;;/h2,4H,1H3,(H,5,6);;3*1H;;;;;;;;/q;+2;;;;3*+1;5*-1. The van der Waals surface area contributed by atoms with Crippen molar-refractivity contribution in [3.8, 4) is 0 Å². The summed E-state index contributed by atoms with van der Waals surface area (Å²) in [5, 5.41) is 15.8. The minimum atomic E-state index is -1.23. The van der Waals surface area contributed by atoms with E-state index in [2.05, 4.69) is 0 Å². The Morgan fingerprint density at radius 1 is 1.23 bits per heavy atom. The van der Waals surface area contributed by atoms with Crippen molar-refractivity contribution in [2.75, 3.05) is 0 Å². The number of carboxylic acid groups (broad SMARTS) is 1. The zero-order valence-electron chi connectivity index (χ0n) is 13.3. The fourth-order valence-electron chi connectivity index (χ4n) is 0. The summed E-state index contributed by atoms with van der Waals surface area (Å²) in [6.07, 6.45) is -1.23. The van der Waals surface area contributed by atoms with Gasteiger partial charge >= 0.3 is 154 Å². The van der Waals surface area contributed by atoms with E-state index < -0.39 is 12.1 Å². The molecule has 0 aromatic rings. The molecule has 0 amide bonds. The molecule has 0 aliphatic heterocycles. The quantitative estimate of drug-likeness (QED) is 0.470. The molecule has 0 spiro atoms. The van der Waals surface area contributed by atoms with Crippen LogP contribution in [0.2, 0.25) is 0 Å². The van der Waals surface area contributed by atoms with E-state index in [1.54, 1.807) is 0 Å². The largest absolute Gasteiger partial charge is 2.00 e. The molecule has 0 aromatic heterocycles. The summed E-state index contributed by atoms with van der Waals surface area (Å²) in [4.78, 5) is 9.45. The number of aliphatic hydroxyl groups is 1. The first-order valence-corrected chi connectivity index (χ1v) is 1.55. The number of aliphatic hydroxyl groups excluding tert-OH is 1. The third-order valence-electron chi connectivity index (χ3n) is 0.357. The SMILES string of the molecule is CC(O)C(=O)O.Cl.Cl.Cl.[Ca+2].[H-].[H-].[H-].[H-].[H-].[K+].[Na+].[Na+]. The maximum Gasteiger partial charge on any atom is 2.00 e. The van der Waals surface area contributed by atoms with E-state index in [0.717, 1.165) is 0 Å². The summed E-state index contributed by atoms with van der Waals surface area (Å²) in [7, 11) is 0. The predicted molar refractivity (Wildman–Crippen MR) is 52.4 cm³/mol. The topological polar surface area (TPSA) is 57.5 Å². The van der Waals surface area contributed by atoms with Crippen LogP contribution in [0.25, 0.3) is 0 Å². The molecule has 0 aliphatic carbocycles. The minimum absolute atomic E-state index is 0. The predicted octanol–water partition coefficient (Wildman–Crippen LogP) is -8.09. The zero-order valence-corrected chi connectivity index (χ0v) is 20.1. The second kappa shape index (κ2) is 36.0. The van der Waals surface area contributed by atoms with Gasteiger partial charge in [0.05, 0.1) is 0 Å². The van der Waals surface area contributed by atoms with Gasteiger partial charge in [0.1, 0.15) is 6.10 Å². The molecular formula is C3H14CaCl3KNa2O3. The maximum atomic E-state index is 9.45. The van der Waals surface area contributed by atoms with Gasteiger partial charge in [-0.25, -0.2) is 4.79 Å². The summed E-state index contributed by atoms with van der Waals surface area (Å²) >= 11 is 0. The Morgan fingerprint density at radius 3 is 1.31 bits per heavy atom. The van der Waals surface area contributed by atoms with Crippen molar-refractivity contribution >= 4 is 80.9 Å². The number of rotatable bonds is 1. The van der Waals surface area contributed by atoms with Crippen LogP contribution in [-0.2, 0) is 4.79 Å². The zero-order chi connectivity index (χ0) is 5.15. The summed E-state index contributed by atoms with van der Waals surface area (Å²) in [5.74, 6) is -1.19. The van der Waals surface area contributed by atoms with E-state index in [-0.39, 0.29) is 193 Å². The van der Waals surface area contributed by atoms with Crippen molar-refractivity contribution in [1.82, 2.24) is 0 Å². The van der Waals surface area contributed by atoms with E-state index in [1.165, 1.54) is 6.92 Å². The van der Waals surface area contributed by atoms with Gasteiger partial charge in [-0.05, 0) is 6.92 Å². The molecule has 0 bridgehead atoms. The molecule has 0 radical (unpaired) electrons. The number of carboxylic acids is 1. The Morgan fingerprint density at radius 2 is 1.31 bits per heavy atom. The van der Waals surface area contributed by atoms with E-state index in [0.29, 0.717) is 0 Å². The van der Waals surface area contributed by atoms with Gasteiger partial charge in [0, 0.05) is 0 Å². The van der Waals surface area contributed by atoms with Gasteiger partial charge in [-0.2, -0.15) is 0 Å². The Labute approximate surface area is 221 Å². The van der Waals surface area contributed by atoms with Gasteiger partial charge in [-0.3, -0.25) is 0 Å². The second-order valence-electron chi connectivity index (χ2n) is 1.01. The van der Waals surface area contributed by atoms with Gasteiger partial charge in [0.15, 0.2) is 0 Å². The Balaban J connectivity index is -0.00000000189. The second-order valence-corrected chi connectivity index (χ2v) is 1.01. The molecule has 2 N–H and O–H groups in total. The molecule has 70 valence electrons. The summed E-state index contributed by atoms with van der Waals surface area (Å²) in [5.41, 5.74) is 0. The van der Waals surface area contributed by atoms with Crippen LogP contribution in [0, 0.1) is 0 Å². The maximum absolute atomic E-state index is 9.45. The summed E-state index contributed by atoms with van der Waals surface area (Å²) < 4.78 is 0. The smallest absolute Gasteiger partial charge is 1.00 e. The van der Waals surface area contributed by atoms with Gasteiger partial charge in [0.25, 0.3) is 0 Å². The molecule has 0 rings (SSSR count). The molecule has 13 heavy (non-hydrogen) atoms. The van der Waals surface area contributed by atoms with Gasteiger partial charge < -0.3 is 17.3 Å². The fourth-order valence-corrected chi connectivity index (χ4v) is 0. The number of halogens is 3. The van der Waals surface area contributed by atoms with Crippen molar-refractivity contribution < 1.29 is 133 Å². The van der Waals surface area contributed by atoms with Crippen LogP contribution in [-0.4, -0.2) is 60.0 Å². The summed E-state index contributed by atoms with van der Waals surface area (Å²) in [6.45, 7) is 1.20. The van der Waals surface area contributed by atoms with Crippen LogP contribution >= 0.6 is 37.2 Å². The van der Waals surface area contributed by atoms with Gasteiger partial charge in [-0.1, -0.05) is 0 Å². The van der Waals surface area contributed by atoms with Crippen molar-refractivity contribution in [2.24, 2.45) is 0 Å². The first-order chi connectivity index (χ1) is 2.64. The van der Waals surface area contributed by atoms with Crippen LogP contribution in [0.5, 0.6) is 0 Å². The molecule has 0 fully saturated rings. The first kappa shape index (κ1) is 51.8. The van der Waals surface area contributed by atoms with Crippen LogP contribution in [0.3, 0.4) is 0 Å². The Hall–Kier alpha value is 5.20. The minimum Gasteiger partial charge on any atom is -1.00 e. The number of hydrogen-bond donors (Lipinski definition) is 2. The molecule has 0 heterocycles. The molecule has 0 saturated carbocycles. The monoisotopic (exact) mass is 328 g/mol. The number of carbonyl (C=O) groups is 1. The van der Waals surface area contributed by atoms with Gasteiger partial charge in [0.2, 0.25) is 0 Å². The van der Waals surface area contributed by atoms with Crippen molar-refractivity contribution in [2.45, 2.75) is 13.0 Å². The van der Waals surface area contributed by atoms with Crippen molar-refractivity contribution in [3.05, 3.63) is 0 Å². The van der Waals surface area contributed by atoms with Gasteiger partial charge in [-0.15, -0.1) is 37.2 Å². The third kappa shape index (κ3) is 47.0. The molecule has 1 atom stereocenters. The molecule has 1 unspecified atom stereocenters. The first-order valence-electron chi connectivity index (χ1n) is 1.55. The number of aliphatic carboxylic acids is 1. The average molecular weight is 330 g/mol. The van der Waals surface area contributed by atoms with Crippen molar-refractivity contribution in [3.63, 3.8) is 0 Å². The van der Waals surface area contributed by atoms with Crippen LogP contribution in [0.15, 0.2) is 0 Å². The molecular weight excluding hydrogens is 316 g/mol. The van der Waals surface area contributed by atoms with Crippen LogP contribution in [0.4, 0.5) is 0 Å². The average Bonchev–Trinajstić information content (AvgIpc) is 1.36. The normalized spacial score (nSPS) is 6.31. The van der Waals surface area contributed by atoms with Crippen LogP contribution in [0.1, 0.15) is 14.1 Å². The Bertz CT molecular complexity index is 98.2.